The molecule has 2 aliphatic rings. The van der Waals surface area contributed by atoms with E-state index in [2.05, 4.69) is 27.9 Å². The van der Waals surface area contributed by atoms with E-state index in [9.17, 15) is 24.2 Å². The van der Waals surface area contributed by atoms with Gasteiger partial charge in [-0.25, -0.2) is 14.0 Å². The van der Waals surface area contributed by atoms with Crippen molar-refractivity contribution in [3.63, 3.8) is 0 Å². The predicted octanol–water partition coefficient (Wildman–Crippen LogP) is 2.90. The van der Waals surface area contributed by atoms with E-state index in [1.165, 1.54) is 6.07 Å². The van der Waals surface area contributed by atoms with Gasteiger partial charge in [-0.2, -0.15) is 0 Å². The number of carbonyl (C=O) groups is 2. The molecule has 0 saturated carbocycles. The lowest BCUT2D eigenvalue weighted by atomic mass is 9.65. The number of carboxylic acid groups (broad SMARTS) is 2. The Bertz CT molecular complexity index is 834. The highest BCUT2D eigenvalue weighted by Gasteiger charge is 2.61. The van der Waals surface area contributed by atoms with Crippen LogP contribution in [0.3, 0.4) is 0 Å². The van der Waals surface area contributed by atoms with E-state index in [1.54, 1.807) is 6.07 Å². The fourth-order valence-electron chi connectivity index (χ4n) is 4.41. The lowest BCUT2D eigenvalue weighted by molar-refractivity contribution is -0.158. The third kappa shape index (κ3) is 4.44. The third-order valence-corrected chi connectivity index (χ3v) is 6.80. The molecule has 9 heteroatoms. The summed E-state index contributed by atoms with van der Waals surface area (Å²) >= 11 is 3.47. The Balaban J connectivity index is 0.000000343. The summed E-state index contributed by atoms with van der Waals surface area (Å²) < 4.78 is 15.0. The molecule has 1 aromatic carbocycles. The average molecular weight is 488 g/mol. The van der Waals surface area contributed by atoms with Gasteiger partial charge in [0.05, 0.1) is 6.10 Å². The Morgan fingerprint density at radius 1 is 1.17 bits per heavy atom. The predicted molar refractivity (Wildman–Crippen MR) is 111 cm³/mol. The van der Waals surface area contributed by atoms with Crippen molar-refractivity contribution in [2.24, 2.45) is 11.3 Å². The molecule has 0 amide bonds. The van der Waals surface area contributed by atoms with Crippen LogP contribution in [0.15, 0.2) is 28.8 Å². The van der Waals surface area contributed by atoms with Crippen LogP contribution >= 0.6 is 15.9 Å². The van der Waals surface area contributed by atoms with Crippen molar-refractivity contribution in [1.29, 1.82) is 0 Å². The molecule has 0 unspecified atom stereocenters. The normalized spacial score (nSPS) is 26.2. The van der Waals surface area contributed by atoms with E-state index in [1.807, 2.05) is 13.8 Å². The van der Waals surface area contributed by atoms with Gasteiger partial charge < -0.3 is 25.3 Å². The van der Waals surface area contributed by atoms with Crippen LogP contribution in [0.25, 0.3) is 0 Å². The number of hydrogen-bond donors (Lipinski definition) is 4. The summed E-state index contributed by atoms with van der Waals surface area (Å²) in [6.45, 7) is 5.48. The van der Waals surface area contributed by atoms with Gasteiger partial charge in [-0.05, 0) is 51.0 Å². The summed E-state index contributed by atoms with van der Waals surface area (Å²) in [6, 6.07) is 2.98. The van der Waals surface area contributed by atoms with Crippen molar-refractivity contribution in [1.82, 2.24) is 4.90 Å². The molecule has 2 atom stereocenters. The third-order valence-electron chi connectivity index (χ3n) is 6.14. The Labute approximate surface area is 183 Å². The van der Waals surface area contributed by atoms with Crippen LogP contribution in [0.2, 0.25) is 0 Å². The zero-order chi connectivity index (χ0) is 22.9. The fourth-order valence-corrected chi connectivity index (χ4v) is 5.06. The number of halogens is 2. The largest absolute Gasteiger partial charge is 0.478 e. The van der Waals surface area contributed by atoms with Crippen molar-refractivity contribution in [3.05, 3.63) is 45.7 Å². The summed E-state index contributed by atoms with van der Waals surface area (Å²) in [4.78, 5) is 21.3. The molecule has 4 N–H and O–H groups in total. The topological polar surface area (TPSA) is 118 Å². The standard InChI is InChI=1S/C17H23BrFNO2.C4H4O4/c1-16(2)15(21)13-12(19)5-4-11(18)14(13)17(16,22)10-6-8-20(3)9-7-10;5-3(6)1-2-4(7)8/h4-5,10,15,21-22H,6-9H2,1-3H3;1-2H,(H,5,6)(H,7,8)/b;2-1+/t15-,17-;/m1./s1. The van der Waals surface area contributed by atoms with Gasteiger partial charge in [0.2, 0.25) is 0 Å². The molecular formula is C21H27BrFNO6. The quantitative estimate of drug-likeness (QED) is 0.484. The van der Waals surface area contributed by atoms with Crippen molar-refractivity contribution >= 4 is 27.9 Å². The van der Waals surface area contributed by atoms with Crippen molar-refractivity contribution in [3.8, 4) is 0 Å². The second kappa shape index (κ2) is 9.13. The van der Waals surface area contributed by atoms with Crippen molar-refractivity contribution < 1.29 is 34.4 Å². The number of piperidine rings is 1. The molecule has 1 aromatic rings. The van der Waals surface area contributed by atoms with Gasteiger partial charge >= 0.3 is 11.9 Å². The number of aliphatic carboxylic acids is 2. The van der Waals surface area contributed by atoms with E-state index in [-0.39, 0.29) is 11.5 Å². The highest BCUT2D eigenvalue weighted by Crippen LogP contribution is 2.62. The first-order valence-electron chi connectivity index (χ1n) is 9.55. The fraction of sp³-hybridized carbons (Fsp3) is 0.524. The smallest absolute Gasteiger partial charge is 0.328 e. The number of rotatable bonds is 3. The van der Waals surface area contributed by atoms with Gasteiger partial charge in [-0.3, -0.25) is 0 Å². The summed E-state index contributed by atoms with van der Waals surface area (Å²) in [5, 5.41) is 38.0. The maximum Gasteiger partial charge on any atom is 0.328 e. The Hall–Kier alpha value is -1.81. The number of fused-ring (bicyclic) bond motifs is 1. The van der Waals surface area contributed by atoms with Crippen molar-refractivity contribution in [2.45, 2.75) is 38.4 Å². The second-order valence-electron chi connectivity index (χ2n) is 8.30. The Morgan fingerprint density at radius 3 is 2.13 bits per heavy atom. The van der Waals surface area contributed by atoms with Gasteiger partial charge in [-0.15, -0.1) is 0 Å². The second-order valence-corrected chi connectivity index (χ2v) is 9.15. The molecule has 1 aliphatic heterocycles. The van der Waals surface area contributed by atoms with E-state index < -0.39 is 34.9 Å². The minimum absolute atomic E-state index is 0.00713. The number of aliphatic hydroxyl groups excluding tert-OH is 1. The highest BCUT2D eigenvalue weighted by atomic mass is 79.9. The van der Waals surface area contributed by atoms with E-state index >= 15 is 0 Å². The molecule has 7 nitrogen and oxygen atoms in total. The zero-order valence-corrected chi connectivity index (χ0v) is 18.7. The Kier molecular flexibility index (Phi) is 7.45. The lowest BCUT2D eigenvalue weighted by Crippen LogP contribution is -2.50. The molecule has 1 fully saturated rings. The maximum absolute atomic E-state index is 14.3. The molecule has 0 radical (unpaired) electrons. The van der Waals surface area contributed by atoms with Crippen LogP contribution in [0.5, 0.6) is 0 Å². The molecule has 1 saturated heterocycles. The summed E-state index contributed by atoms with van der Waals surface area (Å²) in [5.74, 6) is -2.95. The average Bonchev–Trinajstić information content (AvgIpc) is 2.83. The minimum Gasteiger partial charge on any atom is -0.478 e. The first-order chi connectivity index (χ1) is 13.8. The molecule has 0 aromatic heterocycles. The summed E-state index contributed by atoms with van der Waals surface area (Å²) in [7, 11) is 2.07. The van der Waals surface area contributed by atoms with Gasteiger partial charge in [0.25, 0.3) is 0 Å². The van der Waals surface area contributed by atoms with E-state index in [0.29, 0.717) is 22.2 Å². The molecule has 30 heavy (non-hydrogen) atoms. The van der Waals surface area contributed by atoms with Gasteiger partial charge in [0.1, 0.15) is 11.4 Å². The zero-order valence-electron chi connectivity index (χ0n) is 17.1. The van der Waals surface area contributed by atoms with Gasteiger partial charge in [0, 0.05) is 33.2 Å². The molecule has 1 heterocycles. The first kappa shape index (κ1) is 24.5. The van der Waals surface area contributed by atoms with Crippen LogP contribution in [0.4, 0.5) is 4.39 Å². The number of likely N-dealkylation sites (tertiary alicyclic amines) is 1. The van der Waals surface area contributed by atoms with Crippen molar-refractivity contribution in [2.75, 3.05) is 20.1 Å². The summed E-state index contributed by atoms with van der Waals surface area (Å²) in [5.41, 5.74) is -1.27. The Morgan fingerprint density at radius 2 is 1.67 bits per heavy atom. The molecular weight excluding hydrogens is 461 g/mol. The molecule has 0 bridgehead atoms. The van der Waals surface area contributed by atoms with Gasteiger partial charge in [0.15, 0.2) is 0 Å². The van der Waals surface area contributed by atoms with Crippen LogP contribution in [-0.4, -0.2) is 57.4 Å². The monoisotopic (exact) mass is 487 g/mol. The van der Waals surface area contributed by atoms with E-state index in [0.717, 1.165) is 25.9 Å². The number of aliphatic hydroxyl groups is 2. The molecule has 1 aliphatic carbocycles. The summed E-state index contributed by atoms with van der Waals surface area (Å²) in [6.07, 6.45) is 1.78. The van der Waals surface area contributed by atoms with Gasteiger partial charge in [-0.1, -0.05) is 29.8 Å². The SMILES string of the molecule is CN1CCC([C@@]2(O)c3c(Br)ccc(F)c3[C@@H](O)C2(C)C)CC1.O=C(O)/C=C/C(=O)O. The molecule has 3 rings (SSSR count). The molecule has 166 valence electrons. The molecule has 0 spiro atoms. The maximum atomic E-state index is 14.3. The first-order valence-corrected chi connectivity index (χ1v) is 10.3. The van der Waals surface area contributed by atoms with E-state index in [4.69, 9.17) is 10.2 Å². The number of carboxylic acids is 2. The number of hydrogen-bond acceptors (Lipinski definition) is 5. The minimum atomic E-state index is -1.26. The van der Waals surface area contributed by atoms with Crippen LogP contribution in [-0.2, 0) is 15.2 Å². The highest BCUT2D eigenvalue weighted by molar-refractivity contribution is 9.10. The van der Waals surface area contributed by atoms with Crippen LogP contribution in [0.1, 0.15) is 43.9 Å². The lowest BCUT2D eigenvalue weighted by Gasteiger charge is -2.47. The number of benzene rings is 1. The van der Waals surface area contributed by atoms with Crippen LogP contribution < -0.4 is 0 Å². The van der Waals surface area contributed by atoms with Crippen LogP contribution in [0, 0.1) is 17.2 Å². The number of nitrogens with zero attached hydrogens (tertiary/aromatic N) is 1.